The van der Waals surface area contributed by atoms with Crippen molar-refractivity contribution in [3.05, 3.63) is 143 Å². The zero-order chi connectivity index (χ0) is 30.2. The highest BCUT2D eigenvalue weighted by atomic mass is 79.9. The summed E-state index contributed by atoms with van der Waals surface area (Å²) in [6.45, 7) is 1.86. The molecule has 3 amide bonds. The van der Waals surface area contributed by atoms with Crippen molar-refractivity contribution in [1.82, 2.24) is 5.32 Å². The van der Waals surface area contributed by atoms with Gasteiger partial charge in [0.15, 0.2) is 0 Å². The van der Waals surface area contributed by atoms with Gasteiger partial charge in [0.25, 0.3) is 11.8 Å². The van der Waals surface area contributed by atoms with Crippen LogP contribution < -0.4 is 16.0 Å². The van der Waals surface area contributed by atoms with E-state index in [1.54, 1.807) is 42.5 Å². The van der Waals surface area contributed by atoms with Gasteiger partial charge in [0.2, 0.25) is 5.91 Å². The smallest absolute Gasteiger partial charge is 0.272 e. The Bertz CT molecular complexity index is 1780. The molecule has 0 saturated heterocycles. The molecule has 0 aliphatic carbocycles. The first-order chi connectivity index (χ1) is 20.9. The number of nitrogens with one attached hydrogen (secondary N) is 3. The SMILES string of the molecule is CC(Sc1ccc(NC(=O)/C(=C/c2ccc(Br)cc2)NC(=O)c2ccccc2)cc1)C(=O)Nc1cccc2ccccc12. The van der Waals surface area contributed by atoms with E-state index in [-0.39, 0.29) is 22.8 Å². The number of anilines is 2. The molecule has 1 unspecified atom stereocenters. The van der Waals surface area contributed by atoms with E-state index in [0.717, 1.165) is 31.4 Å². The Labute approximate surface area is 262 Å². The van der Waals surface area contributed by atoms with Crippen LogP contribution in [0.5, 0.6) is 0 Å². The highest BCUT2D eigenvalue weighted by Gasteiger charge is 2.17. The van der Waals surface area contributed by atoms with Gasteiger partial charge in [0.1, 0.15) is 5.70 Å². The van der Waals surface area contributed by atoms with E-state index < -0.39 is 5.91 Å². The lowest BCUT2D eigenvalue weighted by atomic mass is 10.1. The van der Waals surface area contributed by atoms with E-state index in [1.807, 2.05) is 91.9 Å². The van der Waals surface area contributed by atoms with Crippen molar-refractivity contribution in [2.45, 2.75) is 17.1 Å². The second kappa shape index (κ2) is 14.0. The van der Waals surface area contributed by atoms with Gasteiger partial charge in [-0.1, -0.05) is 82.7 Å². The highest BCUT2D eigenvalue weighted by molar-refractivity contribution is 9.10. The van der Waals surface area contributed by atoms with Crippen LogP contribution in [0.1, 0.15) is 22.8 Å². The average Bonchev–Trinajstić information content (AvgIpc) is 3.03. The Hall–Kier alpha value is -4.66. The summed E-state index contributed by atoms with van der Waals surface area (Å²) in [5, 5.41) is 10.4. The summed E-state index contributed by atoms with van der Waals surface area (Å²) in [6, 6.07) is 37.1. The number of carbonyl (C=O) groups is 3. The van der Waals surface area contributed by atoms with Crippen LogP contribution in [0.25, 0.3) is 16.8 Å². The van der Waals surface area contributed by atoms with Crippen LogP contribution >= 0.6 is 27.7 Å². The number of benzene rings is 5. The molecule has 0 aliphatic rings. The number of thioether (sulfide) groups is 1. The summed E-state index contributed by atoms with van der Waals surface area (Å²) >= 11 is 4.84. The standard InChI is InChI=1S/C35H28BrN3O3S/c1-23(33(40)38-31-13-7-11-25-8-5-6-12-30(25)31)43-29-20-18-28(19-21-29)37-35(42)32(22-24-14-16-27(36)17-15-24)39-34(41)26-9-3-2-4-10-26/h2-23H,1H3,(H,37,42)(H,38,40)(H,39,41)/b32-22-. The number of carbonyl (C=O) groups excluding carboxylic acids is 3. The topological polar surface area (TPSA) is 87.3 Å². The van der Waals surface area contributed by atoms with Gasteiger partial charge in [-0.05, 0) is 78.5 Å². The molecular formula is C35H28BrN3O3S. The molecule has 0 spiro atoms. The second-order valence-corrected chi connectivity index (χ2v) is 12.0. The fourth-order valence-corrected chi connectivity index (χ4v) is 5.44. The zero-order valence-corrected chi connectivity index (χ0v) is 25.6. The average molecular weight is 651 g/mol. The molecule has 1 atom stereocenters. The van der Waals surface area contributed by atoms with Gasteiger partial charge >= 0.3 is 0 Å². The minimum absolute atomic E-state index is 0.101. The van der Waals surface area contributed by atoms with Gasteiger partial charge in [-0.15, -0.1) is 11.8 Å². The molecule has 0 heterocycles. The van der Waals surface area contributed by atoms with Crippen LogP contribution in [0.2, 0.25) is 0 Å². The van der Waals surface area contributed by atoms with Crippen LogP contribution in [0, 0.1) is 0 Å². The Morgan fingerprint density at radius 3 is 2.16 bits per heavy atom. The molecule has 8 heteroatoms. The first kappa shape index (κ1) is 29.8. The normalized spacial score (nSPS) is 11.9. The molecule has 214 valence electrons. The molecule has 0 fully saturated rings. The van der Waals surface area contributed by atoms with Crippen LogP contribution in [0.15, 0.2) is 136 Å². The molecule has 0 saturated carbocycles. The number of halogens is 1. The lowest BCUT2D eigenvalue weighted by Gasteiger charge is -2.14. The molecule has 0 bridgehead atoms. The summed E-state index contributed by atoms with van der Waals surface area (Å²) in [4.78, 5) is 40.0. The third-order valence-corrected chi connectivity index (χ3v) is 8.19. The minimum Gasteiger partial charge on any atom is -0.325 e. The predicted molar refractivity (Wildman–Crippen MR) is 179 cm³/mol. The number of rotatable bonds is 9. The Kier molecular flexibility index (Phi) is 9.71. The van der Waals surface area contributed by atoms with Crippen LogP contribution in [0.4, 0.5) is 11.4 Å². The Balaban J connectivity index is 1.25. The summed E-state index contributed by atoms with van der Waals surface area (Å²) in [7, 11) is 0. The van der Waals surface area contributed by atoms with Gasteiger partial charge in [-0.2, -0.15) is 0 Å². The quantitative estimate of drug-likeness (QED) is 0.111. The third kappa shape index (κ3) is 8.00. The maximum atomic E-state index is 13.3. The van der Waals surface area contributed by atoms with Crippen molar-refractivity contribution in [3.8, 4) is 0 Å². The molecule has 3 N–H and O–H groups in total. The van der Waals surface area contributed by atoms with Gasteiger partial charge in [0, 0.05) is 31.7 Å². The zero-order valence-electron chi connectivity index (χ0n) is 23.2. The number of amides is 3. The monoisotopic (exact) mass is 649 g/mol. The van der Waals surface area contributed by atoms with Crippen LogP contribution in [-0.4, -0.2) is 23.0 Å². The molecule has 5 rings (SSSR count). The van der Waals surface area contributed by atoms with Gasteiger partial charge in [0.05, 0.1) is 5.25 Å². The summed E-state index contributed by atoms with van der Waals surface area (Å²) in [6.07, 6.45) is 1.63. The number of hydrogen-bond donors (Lipinski definition) is 3. The molecular weight excluding hydrogens is 622 g/mol. The van der Waals surface area contributed by atoms with Gasteiger partial charge in [-0.25, -0.2) is 0 Å². The largest absolute Gasteiger partial charge is 0.325 e. The molecule has 5 aromatic carbocycles. The molecule has 43 heavy (non-hydrogen) atoms. The molecule has 5 aromatic rings. The van der Waals surface area contributed by atoms with E-state index in [9.17, 15) is 14.4 Å². The van der Waals surface area contributed by atoms with E-state index in [1.165, 1.54) is 11.8 Å². The van der Waals surface area contributed by atoms with E-state index in [0.29, 0.717) is 11.3 Å². The Morgan fingerprint density at radius 1 is 0.744 bits per heavy atom. The number of fused-ring (bicyclic) bond motifs is 1. The van der Waals surface area contributed by atoms with Crippen molar-refractivity contribution in [1.29, 1.82) is 0 Å². The van der Waals surface area contributed by atoms with E-state index in [2.05, 4.69) is 31.9 Å². The maximum Gasteiger partial charge on any atom is 0.272 e. The third-order valence-electron chi connectivity index (χ3n) is 6.55. The summed E-state index contributed by atoms with van der Waals surface area (Å²) in [5.74, 6) is -0.951. The van der Waals surface area contributed by atoms with Crippen molar-refractivity contribution in [2.75, 3.05) is 10.6 Å². The summed E-state index contributed by atoms with van der Waals surface area (Å²) < 4.78 is 0.905. The highest BCUT2D eigenvalue weighted by Crippen LogP contribution is 2.28. The van der Waals surface area contributed by atoms with E-state index >= 15 is 0 Å². The fourth-order valence-electron chi connectivity index (χ4n) is 4.31. The number of hydrogen-bond acceptors (Lipinski definition) is 4. The van der Waals surface area contributed by atoms with Crippen LogP contribution in [-0.2, 0) is 9.59 Å². The molecule has 0 radical (unpaired) electrons. The first-order valence-corrected chi connectivity index (χ1v) is 15.2. The molecule has 6 nitrogen and oxygen atoms in total. The summed E-state index contributed by atoms with van der Waals surface area (Å²) in [5.41, 5.74) is 2.63. The van der Waals surface area contributed by atoms with Crippen molar-refractivity contribution < 1.29 is 14.4 Å². The Morgan fingerprint density at radius 2 is 1.42 bits per heavy atom. The lowest BCUT2D eigenvalue weighted by Crippen LogP contribution is -2.30. The van der Waals surface area contributed by atoms with Crippen LogP contribution in [0.3, 0.4) is 0 Å². The van der Waals surface area contributed by atoms with Crippen molar-refractivity contribution in [2.24, 2.45) is 0 Å². The first-order valence-electron chi connectivity index (χ1n) is 13.6. The maximum absolute atomic E-state index is 13.3. The molecule has 0 aromatic heterocycles. The lowest BCUT2D eigenvalue weighted by molar-refractivity contribution is -0.115. The van der Waals surface area contributed by atoms with E-state index in [4.69, 9.17) is 0 Å². The van der Waals surface area contributed by atoms with Crippen molar-refractivity contribution in [3.63, 3.8) is 0 Å². The second-order valence-electron chi connectivity index (χ2n) is 9.68. The van der Waals surface area contributed by atoms with Gasteiger partial charge < -0.3 is 16.0 Å². The minimum atomic E-state index is -0.463. The van der Waals surface area contributed by atoms with Gasteiger partial charge in [-0.3, -0.25) is 14.4 Å². The molecule has 0 aliphatic heterocycles. The fraction of sp³-hybridized carbons (Fsp3) is 0.0571. The van der Waals surface area contributed by atoms with Crippen molar-refractivity contribution >= 4 is 73.6 Å². The predicted octanol–water partition coefficient (Wildman–Crippen LogP) is 8.13.